The highest BCUT2D eigenvalue weighted by Gasteiger charge is 2.10. The van der Waals surface area contributed by atoms with Crippen LogP contribution in [0.1, 0.15) is 25.8 Å². The molecule has 0 saturated carbocycles. The second kappa shape index (κ2) is 6.40. The molecule has 1 aromatic rings. The van der Waals surface area contributed by atoms with E-state index in [1.54, 1.807) is 0 Å². The summed E-state index contributed by atoms with van der Waals surface area (Å²) < 4.78 is 0. The van der Waals surface area contributed by atoms with Gasteiger partial charge in [0.2, 0.25) is 0 Å². The zero-order valence-corrected chi connectivity index (χ0v) is 10.9. The summed E-state index contributed by atoms with van der Waals surface area (Å²) in [4.78, 5) is 0. The van der Waals surface area contributed by atoms with Crippen LogP contribution in [0.3, 0.4) is 0 Å². The van der Waals surface area contributed by atoms with E-state index in [0.29, 0.717) is 11.8 Å². The van der Waals surface area contributed by atoms with Gasteiger partial charge in [0.15, 0.2) is 0 Å². The van der Waals surface area contributed by atoms with Crippen LogP contribution in [0.2, 0.25) is 5.02 Å². The van der Waals surface area contributed by atoms with Gasteiger partial charge in [-0.3, -0.25) is 0 Å². The third-order valence-corrected chi connectivity index (χ3v) is 3.15. The zero-order chi connectivity index (χ0) is 11.3. The van der Waals surface area contributed by atoms with Crippen molar-refractivity contribution in [2.24, 2.45) is 11.8 Å². The predicted molar refractivity (Wildman–Crippen MR) is 68.8 cm³/mol. The van der Waals surface area contributed by atoms with Gasteiger partial charge in [-0.15, -0.1) is 11.6 Å². The molecule has 0 aliphatic rings. The van der Waals surface area contributed by atoms with E-state index in [4.69, 9.17) is 23.2 Å². The van der Waals surface area contributed by atoms with E-state index in [9.17, 15) is 0 Å². The predicted octanol–water partition coefficient (Wildman–Crippen LogP) is 4.78. The number of benzene rings is 1. The molecule has 0 amide bonds. The molecule has 0 radical (unpaired) electrons. The molecule has 0 aliphatic heterocycles. The Bertz CT molecular complexity index is 277. The maximum Gasteiger partial charge on any atom is 0.0406 e. The molecule has 15 heavy (non-hydrogen) atoms. The summed E-state index contributed by atoms with van der Waals surface area (Å²) in [6.07, 6.45) is 2.24. The summed E-state index contributed by atoms with van der Waals surface area (Å²) in [5, 5.41) is 0.796. The first-order valence-electron chi connectivity index (χ1n) is 5.42. The van der Waals surface area contributed by atoms with Crippen molar-refractivity contribution in [1.29, 1.82) is 0 Å². The molecule has 0 heterocycles. The molecule has 0 aromatic heterocycles. The third-order valence-electron chi connectivity index (χ3n) is 2.46. The van der Waals surface area contributed by atoms with Crippen LogP contribution in [0.4, 0.5) is 0 Å². The molecule has 0 bridgehead atoms. The Hall–Kier alpha value is -0.200. The summed E-state index contributed by atoms with van der Waals surface area (Å²) in [6, 6.07) is 8.06. The molecule has 1 aromatic carbocycles. The van der Waals surface area contributed by atoms with Gasteiger partial charge in [-0.2, -0.15) is 0 Å². The Morgan fingerprint density at radius 2 is 1.73 bits per heavy atom. The fourth-order valence-corrected chi connectivity index (χ4v) is 2.18. The van der Waals surface area contributed by atoms with Gasteiger partial charge in [-0.25, -0.2) is 0 Å². The van der Waals surface area contributed by atoms with Gasteiger partial charge < -0.3 is 0 Å². The molecular weight excluding hydrogens is 227 g/mol. The van der Waals surface area contributed by atoms with Crippen LogP contribution in [-0.4, -0.2) is 5.88 Å². The van der Waals surface area contributed by atoms with Crippen LogP contribution in [0.5, 0.6) is 0 Å². The summed E-state index contributed by atoms with van der Waals surface area (Å²) >= 11 is 11.8. The van der Waals surface area contributed by atoms with E-state index in [1.807, 2.05) is 12.1 Å². The SMILES string of the molecule is CC(C)CC(CCl)Cc1ccc(Cl)cc1. The third kappa shape index (κ3) is 4.90. The summed E-state index contributed by atoms with van der Waals surface area (Å²) in [5.74, 6) is 2.02. The fraction of sp³-hybridized carbons (Fsp3) is 0.538. The van der Waals surface area contributed by atoms with E-state index < -0.39 is 0 Å². The molecule has 0 fully saturated rings. The van der Waals surface area contributed by atoms with Crippen molar-refractivity contribution in [2.45, 2.75) is 26.7 Å². The number of halogens is 2. The van der Waals surface area contributed by atoms with E-state index in [0.717, 1.165) is 17.3 Å². The highest BCUT2D eigenvalue weighted by Crippen LogP contribution is 2.19. The number of rotatable bonds is 5. The van der Waals surface area contributed by atoms with E-state index in [1.165, 1.54) is 12.0 Å². The molecule has 0 nitrogen and oxygen atoms in total. The number of hydrogen-bond acceptors (Lipinski definition) is 0. The Labute approximate surface area is 103 Å². The van der Waals surface area contributed by atoms with Gasteiger partial charge in [-0.05, 0) is 42.4 Å². The molecule has 0 aliphatic carbocycles. The van der Waals surface area contributed by atoms with Gasteiger partial charge >= 0.3 is 0 Å². The normalized spacial score (nSPS) is 13.1. The first kappa shape index (κ1) is 12.9. The lowest BCUT2D eigenvalue weighted by molar-refractivity contribution is 0.441. The minimum atomic E-state index is 0.577. The fourth-order valence-electron chi connectivity index (χ4n) is 1.82. The summed E-state index contributed by atoms with van der Waals surface area (Å²) in [7, 11) is 0. The largest absolute Gasteiger partial charge is 0.126 e. The Morgan fingerprint density at radius 3 is 2.20 bits per heavy atom. The van der Waals surface area contributed by atoms with Gasteiger partial charge in [0, 0.05) is 10.9 Å². The topological polar surface area (TPSA) is 0 Å². The summed E-state index contributed by atoms with van der Waals surface area (Å²) in [5.41, 5.74) is 1.32. The molecule has 0 N–H and O–H groups in total. The van der Waals surface area contributed by atoms with Crippen LogP contribution in [-0.2, 0) is 6.42 Å². The maximum atomic E-state index is 5.97. The van der Waals surface area contributed by atoms with Crippen molar-refractivity contribution in [2.75, 3.05) is 5.88 Å². The van der Waals surface area contributed by atoms with Crippen LogP contribution < -0.4 is 0 Å². The molecule has 0 saturated heterocycles. The van der Waals surface area contributed by atoms with E-state index in [2.05, 4.69) is 26.0 Å². The molecule has 0 spiro atoms. The van der Waals surface area contributed by atoms with Crippen LogP contribution in [0.25, 0.3) is 0 Å². The standard InChI is InChI=1S/C13H18Cl2/c1-10(2)7-12(9-14)8-11-3-5-13(15)6-4-11/h3-6,10,12H,7-9H2,1-2H3. The molecule has 1 rings (SSSR count). The molecule has 1 unspecified atom stereocenters. The van der Waals surface area contributed by atoms with Gasteiger partial charge in [0.25, 0.3) is 0 Å². The van der Waals surface area contributed by atoms with E-state index >= 15 is 0 Å². The quantitative estimate of drug-likeness (QED) is 0.654. The molecule has 2 heteroatoms. The van der Waals surface area contributed by atoms with Crippen molar-refractivity contribution in [1.82, 2.24) is 0 Å². The van der Waals surface area contributed by atoms with Gasteiger partial charge in [-0.1, -0.05) is 37.6 Å². The average Bonchev–Trinajstić information content (AvgIpc) is 2.19. The lowest BCUT2D eigenvalue weighted by Crippen LogP contribution is -2.09. The van der Waals surface area contributed by atoms with E-state index in [-0.39, 0.29) is 0 Å². The van der Waals surface area contributed by atoms with Crippen molar-refractivity contribution in [3.63, 3.8) is 0 Å². The average molecular weight is 245 g/mol. The van der Waals surface area contributed by atoms with Crippen molar-refractivity contribution in [3.8, 4) is 0 Å². The Morgan fingerprint density at radius 1 is 1.13 bits per heavy atom. The first-order valence-corrected chi connectivity index (χ1v) is 6.33. The van der Waals surface area contributed by atoms with Gasteiger partial charge in [0.05, 0.1) is 0 Å². The lowest BCUT2D eigenvalue weighted by atomic mass is 9.92. The van der Waals surface area contributed by atoms with Crippen molar-refractivity contribution in [3.05, 3.63) is 34.9 Å². The maximum absolute atomic E-state index is 5.97. The highest BCUT2D eigenvalue weighted by atomic mass is 35.5. The first-order chi connectivity index (χ1) is 7.11. The lowest BCUT2D eigenvalue weighted by Gasteiger charge is -2.16. The highest BCUT2D eigenvalue weighted by molar-refractivity contribution is 6.30. The summed E-state index contributed by atoms with van der Waals surface area (Å²) in [6.45, 7) is 4.48. The number of alkyl halides is 1. The zero-order valence-electron chi connectivity index (χ0n) is 9.34. The number of hydrogen-bond donors (Lipinski definition) is 0. The van der Waals surface area contributed by atoms with Crippen LogP contribution in [0, 0.1) is 11.8 Å². The minimum absolute atomic E-state index is 0.577. The molecule has 1 atom stereocenters. The minimum Gasteiger partial charge on any atom is -0.126 e. The molecular formula is C13H18Cl2. The Kier molecular flexibility index (Phi) is 5.49. The monoisotopic (exact) mass is 244 g/mol. The van der Waals surface area contributed by atoms with Crippen LogP contribution >= 0.6 is 23.2 Å². The molecule has 84 valence electrons. The van der Waals surface area contributed by atoms with Gasteiger partial charge in [0.1, 0.15) is 0 Å². The second-order valence-electron chi connectivity index (χ2n) is 4.48. The Balaban J connectivity index is 2.54. The smallest absolute Gasteiger partial charge is 0.0406 e. The van der Waals surface area contributed by atoms with Crippen molar-refractivity contribution >= 4 is 23.2 Å². The van der Waals surface area contributed by atoms with Crippen LogP contribution in [0.15, 0.2) is 24.3 Å². The second-order valence-corrected chi connectivity index (χ2v) is 5.23. The van der Waals surface area contributed by atoms with Crippen molar-refractivity contribution < 1.29 is 0 Å².